The van der Waals surface area contributed by atoms with Gasteiger partial charge in [0.1, 0.15) is 11.8 Å². The average Bonchev–Trinajstić information content (AvgIpc) is 2.37. The Hall–Kier alpha value is -2.05. The van der Waals surface area contributed by atoms with E-state index in [1.807, 2.05) is 12.1 Å². The number of aromatic nitrogens is 1. The van der Waals surface area contributed by atoms with E-state index < -0.39 is 0 Å². The quantitative estimate of drug-likeness (QED) is 0.779. The molecule has 0 unspecified atom stereocenters. The summed E-state index contributed by atoms with van der Waals surface area (Å²) in [5.74, 6) is 0.488. The molecule has 0 atom stereocenters. The van der Waals surface area contributed by atoms with Crippen molar-refractivity contribution >= 4 is 11.6 Å². The van der Waals surface area contributed by atoms with E-state index in [1.54, 1.807) is 30.3 Å². The number of benzene rings is 1. The van der Waals surface area contributed by atoms with Crippen LogP contribution in [0.15, 0.2) is 42.5 Å². The van der Waals surface area contributed by atoms with Crippen LogP contribution in [-0.4, -0.2) is 4.98 Å². The van der Waals surface area contributed by atoms with Gasteiger partial charge in [0.25, 0.3) is 0 Å². The smallest absolute Gasteiger partial charge is 0.214 e. The van der Waals surface area contributed by atoms with Crippen LogP contribution in [0.4, 0.5) is 0 Å². The second kappa shape index (κ2) is 5.33. The molecule has 0 aliphatic carbocycles. The first-order chi connectivity index (χ1) is 8.28. The molecule has 0 aliphatic rings. The molecule has 1 aromatic carbocycles. The van der Waals surface area contributed by atoms with Gasteiger partial charge in [-0.1, -0.05) is 29.8 Å². The third kappa shape index (κ3) is 3.20. The van der Waals surface area contributed by atoms with E-state index in [2.05, 4.69) is 11.1 Å². The van der Waals surface area contributed by atoms with E-state index in [1.165, 1.54) is 0 Å². The molecule has 3 nitrogen and oxygen atoms in total. The molecule has 0 amide bonds. The first kappa shape index (κ1) is 11.4. The molecule has 0 N–H and O–H groups in total. The third-order valence-corrected chi connectivity index (χ3v) is 2.37. The number of ether oxygens (including phenoxy) is 1. The normalized spacial score (nSPS) is 9.65. The monoisotopic (exact) mass is 244 g/mol. The van der Waals surface area contributed by atoms with Crippen molar-refractivity contribution < 1.29 is 4.74 Å². The van der Waals surface area contributed by atoms with Crippen LogP contribution in [0.25, 0.3) is 0 Å². The van der Waals surface area contributed by atoms with Gasteiger partial charge in [0.05, 0.1) is 11.6 Å². The Bertz CT molecular complexity index is 546. The molecular formula is C13H9ClN2O. The molecule has 4 heteroatoms. The SMILES string of the molecule is N#Cc1ccc(COc2cccc(Cl)n2)cc1. The van der Waals surface area contributed by atoms with Crippen LogP contribution in [0.5, 0.6) is 5.88 Å². The van der Waals surface area contributed by atoms with Gasteiger partial charge in [0.2, 0.25) is 5.88 Å². The lowest BCUT2D eigenvalue weighted by atomic mass is 10.2. The maximum absolute atomic E-state index is 8.66. The van der Waals surface area contributed by atoms with Gasteiger partial charge >= 0.3 is 0 Å². The lowest BCUT2D eigenvalue weighted by Crippen LogP contribution is -1.97. The minimum Gasteiger partial charge on any atom is -0.473 e. The maximum atomic E-state index is 8.66. The Balaban J connectivity index is 2.00. The fourth-order valence-electron chi connectivity index (χ4n) is 1.30. The molecule has 17 heavy (non-hydrogen) atoms. The van der Waals surface area contributed by atoms with Gasteiger partial charge < -0.3 is 4.74 Å². The van der Waals surface area contributed by atoms with Crippen LogP contribution in [-0.2, 0) is 6.61 Å². The largest absolute Gasteiger partial charge is 0.473 e. The molecule has 0 spiro atoms. The zero-order valence-electron chi connectivity index (χ0n) is 8.93. The van der Waals surface area contributed by atoms with Crippen molar-refractivity contribution in [2.45, 2.75) is 6.61 Å². The Morgan fingerprint density at radius 3 is 2.59 bits per heavy atom. The average molecular weight is 245 g/mol. The van der Waals surface area contributed by atoms with E-state index in [0.717, 1.165) is 5.56 Å². The van der Waals surface area contributed by atoms with Crippen LogP contribution in [0.1, 0.15) is 11.1 Å². The van der Waals surface area contributed by atoms with Crippen molar-refractivity contribution in [1.82, 2.24) is 4.98 Å². The Morgan fingerprint density at radius 2 is 1.94 bits per heavy atom. The van der Waals surface area contributed by atoms with Crippen molar-refractivity contribution in [3.05, 3.63) is 58.7 Å². The van der Waals surface area contributed by atoms with E-state index in [0.29, 0.717) is 23.2 Å². The zero-order chi connectivity index (χ0) is 12.1. The number of nitrogens with zero attached hydrogens (tertiary/aromatic N) is 2. The number of hydrogen-bond acceptors (Lipinski definition) is 3. The van der Waals surface area contributed by atoms with Crippen LogP contribution < -0.4 is 4.74 Å². The zero-order valence-corrected chi connectivity index (χ0v) is 9.69. The summed E-state index contributed by atoms with van der Waals surface area (Å²) in [6.45, 7) is 0.402. The van der Waals surface area contributed by atoms with Gasteiger partial charge in [-0.3, -0.25) is 0 Å². The molecule has 1 heterocycles. The summed E-state index contributed by atoms with van der Waals surface area (Å²) >= 11 is 5.74. The summed E-state index contributed by atoms with van der Waals surface area (Å²) in [6.07, 6.45) is 0. The highest BCUT2D eigenvalue weighted by atomic mass is 35.5. The summed E-state index contributed by atoms with van der Waals surface area (Å²) in [4.78, 5) is 4.01. The molecule has 2 aromatic rings. The molecule has 0 bridgehead atoms. The van der Waals surface area contributed by atoms with E-state index in [-0.39, 0.29) is 0 Å². The van der Waals surface area contributed by atoms with Crippen LogP contribution in [0, 0.1) is 11.3 Å². The second-order valence-corrected chi connectivity index (χ2v) is 3.78. The van der Waals surface area contributed by atoms with Crippen molar-refractivity contribution in [2.24, 2.45) is 0 Å². The topological polar surface area (TPSA) is 45.9 Å². The highest BCUT2D eigenvalue weighted by molar-refractivity contribution is 6.29. The fourth-order valence-corrected chi connectivity index (χ4v) is 1.46. The fraction of sp³-hybridized carbons (Fsp3) is 0.0769. The third-order valence-electron chi connectivity index (χ3n) is 2.16. The van der Waals surface area contributed by atoms with Gasteiger partial charge in [-0.15, -0.1) is 0 Å². The van der Waals surface area contributed by atoms with Crippen molar-refractivity contribution in [1.29, 1.82) is 5.26 Å². The first-order valence-electron chi connectivity index (χ1n) is 5.02. The minimum atomic E-state index is 0.402. The Labute approximate surface area is 104 Å². The van der Waals surface area contributed by atoms with E-state index in [9.17, 15) is 0 Å². The van der Waals surface area contributed by atoms with Crippen molar-refractivity contribution in [3.8, 4) is 11.9 Å². The highest BCUT2D eigenvalue weighted by Gasteiger charge is 1.98. The van der Waals surface area contributed by atoms with Gasteiger partial charge in [-0.05, 0) is 23.8 Å². The van der Waals surface area contributed by atoms with Gasteiger partial charge in [-0.2, -0.15) is 5.26 Å². The number of rotatable bonds is 3. The maximum Gasteiger partial charge on any atom is 0.214 e. The molecule has 84 valence electrons. The Morgan fingerprint density at radius 1 is 1.18 bits per heavy atom. The Kier molecular flexibility index (Phi) is 3.59. The van der Waals surface area contributed by atoms with Gasteiger partial charge in [-0.25, -0.2) is 4.98 Å². The number of hydrogen-bond donors (Lipinski definition) is 0. The molecular weight excluding hydrogens is 236 g/mol. The first-order valence-corrected chi connectivity index (χ1v) is 5.40. The van der Waals surface area contributed by atoms with E-state index in [4.69, 9.17) is 21.6 Å². The summed E-state index contributed by atoms with van der Waals surface area (Å²) in [6, 6.07) is 14.5. The second-order valence-electron chi connectivity index (χ2n) is 3.40. The minimum absolute atomic E-state index is 0.402. The highest BCUT2D eigenvalue weighted by Crippen LogP contribution is 2.13. The summed E-state index contributed by atoms with van der Waals surface area (Å²) in [7, 11) is 0. The van der Waals surface area contributed by atoms with Crippen LogP contribution in [0.2, 0.25) is 5.15 Å². The van der Waals surface area contributed by atoms with Crippen LogP contribution in [0.3, 0.4) is 0 Å². The lowest BCUT2D eigenvalue weighted by molar-refractivity contribution is 0.294. The number of nitriles is 1. The lowest BCUT2D eigenvalue weighted by Gasteiger charge is -2.05. The predicted molar refractivity (Wildman–Crippen MR) is 64.7 cm³/mol. The molecule has 1 aromatic heterocycles. The standard InChI is InChI=1S/C13H9ClN2O/c14-12-2-1-3-13(16-12)17-9-11-6-4-10(8-15)5-7-11/h1-7H,9H2. The van der Waals surface area contributed by atoms with E-state index >= 15 is 0 Å². The van der Waals surface area contributed by atoms with Crippen molar-refractivity contribution in [3.63, 3.8) is 0 Å². The van der Waals surface area contributed by atoms with Gasteiger partial charge in [0.15, 0.2) is 0 Å². The van der Waals surface area contributed by atoms with Gasteiger partial charge in [0, 0.05) is 6.07 Å². The summed E-state index contributed by atoms with van der Waals surface area (Å²) in [5.41, 5.74) is 1.61. The molecule has 0 aliphatic heterocycles. The number of pyridine rings is 1. The molecule has 0 radical (unpaired) electrons. The predicted octanol–water partition coefficient (Wildman–Crippen LogP) is 3.19. The molecule has 0 saturated heterocycles. The summed E-state index contributed by atoms with van der Waals surface area (Å²) < 4.78 is 5.47. The molecule has 0 fully saturated rings. The van der Waals surface area contributed by atoms with Crippen LogP contribution >= 0.6 is 11.6 Å². The van der Waals surface area contributed by atoms with Crippen molar-refractivity contribution in [2.75, 3.05) is 0 Å². The number of halogens is 1. The molecule has 2 rings (SSSR count). The summed E-state index contributed by atoms with van der Waals surface area (Å²) in [5, 5.41) is 9.07. The molecule has 0 saturated carbocycles.